The Hall–Kier alpha value is -3.54. The summed E-state index contributed by atoms with van der Waals surface area (Å²) in [6, 6.07) is 19.0. The van der Waals surface area contributed by atoms with Gasteiger partial charge < -0.3 is 5.32 Å². The number of nitrogens with one attached hydrogen (secondary N) is 1. The Morgan fingerprint density at radius 1 is 1.04 bits per heavy atom. The molecule has 0 spiro atoms. The number of amides is 1. The normalized spacial score (nSPS) is 11.6. The van der Waals surface area contributed by atoms with Crippen LogP contribution < -0.4 is 5.32 Å². The minimum Gasteiger partial charge on any atom is -0.339 e. The first-order chi connectivity index (χ1) is 12.6. The standard InChI is InChI=1S/C20H17N3O3/c1-14-8-7-11-16(19(14)23(25)26)20(24)22-18(15-9-3-2-4-10-15)17-12-5-6-13-21-17/h2-13,18H,1H3,(H,22,24)/t18-/m0/s1. The van der Waals surface area contributed by atoms with Gasteiger partial charge in [-0.25, -0.2) is 0 Å². The molecule has 0 unspecified atom stereocenters. The first-order valence-electron chi connectivity index (χ1n) is 8.08. The lowest BCUT2D eigenvalue weighted by Crippen LogP contribution is -2.30. The highest BCUT2D eigenvalue weighted by Gasteiger charge is 2.25. The number of benzene rings is 2. The maximum atomic E-state index is 12.8. The molecule has 26 heavy (non-hydrogen) atoms. The van der Waals surface area contributed by atoms with Crippen LogP contribution in [0.15, 0.2) is 72.9 Å². The van der Waals surface area contributed by atoms with E-state index in [4.69, 9.17) is 0 Å². The number of hydrogen-bond acceptors (Lipinski definition) is 4. The maximum Gasteiger partial charge on any atom is 0.285 e. The van der Waals surface area contributed by atoms with Crippen LogP contribution in [0, 0.1) is 17.0 Å². The molecule has 1 atom stereocenters. The Morgan fingerprint density at radius 2 is 1.77 bits per heavy atom. The topological polar surface area (TPSA) is 85.1 Å². The molecule has 1 N–H and O–H groups in total. The van der Waals surface area contributed by atoms with E-state index < -0.39 is 16.9 Å². The van der Waals surface area contributed by atoms with E-state index in [2.05, 4.69) is 10.3 Å². The molecule has 1 aromatic heterocycles. The van der Waals surface area contributed by atoms with Crippen LogP contribution in [0.2, 0.25) is 0 Å². The minimum atomic E-state index is -0.525. The zero-order valence-electron chi connectivity index (χ0n) is 14.1. The second-order valence-electron chi connectivity index (χ2n) is 5.80. The summed E-state index contributed by atoms with van der Waals surface area (Å²) < 4.78 is 0. The molecule has 3 rings (SSSR count). The van der Waals surface area contributed by atoms with E-state index in [0.29, 0.717) is 11.3 Å². The molecule has 6 heteroatoms. The fraction of sp³-hybridized carbons (Fsp3) is 0.100. The molecule has 0 saturated carbocycles. The van der Waals surface area contributed by atoms with Crippen LogP contribution in [0.4, 0.5) is 5.69 Å². The van der Waals surface area contributed by atoms with Crippen molar-refractivity contribution in [2.24, 2.45) is 0 Å². The van der Waals surface area contributed by atoms with Gasteiger partial charge in [-0.05, 0) is 30.7 Å². The first kappa shape index (κ1) is 17.3. The van der Waals surface area contributed by atoms with E-state index in [1.807, 2.05) is 42.5 Å². The molecule has 2 aromatic carbocycles. The molecule has 0 aliphatic heterocycles. The molecule has 3 aromatic rings. The number of nitro groups is 1. The molecule has 0 radical (unpaired) electrons. The first-order valence-corrected chi connectivity index (χ1v) is 8.08. The summed E-state index contributed by atoms with van der Waals surface area (Å²) in [4.78, 5) is 28.0. The van der Waals surface area contributed by atoms with Crippen LogP contribution in [0.25, 0.3) is 0 Å². The highest BCUT2D eigenvalue weighted by Crippen LogP contribution is 2.25. The van der Waals surface area contributed by atoms with Crippen LogP contribution in [-0.2, 0) is 0 Å². The Bertz CT molecular complexity index is 888. The fourth-order valence-electron chi connectivity index (χ4n) is 2.81. The zero-order chi connectivity index (χ0) is 18.5. The van der Waals surface area contributed by atoms with Gasteiger partial charge in [-0.15, -0.1) is 0 Å². The number of hydrogen-bond donors (Lipinski definition) is 1. The molecule has 130 valence electrons. The summed E-state index contributed by atoms with van der Waals surface area (Å²) in [5, 5.41) is 14.3. The number of nitrogens with zero attached hydrogens (tertiary/aromatic N) is 2. The summed E-state index contributed by atoms with van der Waals surface area (Å²) in [7, 11) is 0. The molecule has 1 heterocycles. The molecule has 6 nitrogen and oxygen atoms in total. The van der Waals surface area contributed by atoms with Crippen molar-refractivity contribution >= 4 is 11.6 Å². The van der Waals surface area contributed by atoms with Crippen molar-refractivity contribution in [3.63, 3.8) is 0 Å². The van der Waals surface area contributed by atoms with Crippen molar-refractivity contribution in [1.82, 2.24) is 10.3 Å². The van der Waals surface area contributed by atoms with Gasteiger partial charge in [-0.3, -0.25) is 19.9 Å². The second kappa shape index (κ2) is 7.57. The van der Waals surface area contributed by atoms with Gasteiger partial charge in [0, 0.05) is 11.8 Å². The average molecular weight is 347 g/mol. The van der Waals surface area contributed by atoms with Crippen LogP contribution in [0.1, 0.15) is 33.2 Å². The Morgan fingerprint density at radius 3 is 2.42 bits per heavy atom. The highest BCUT2D eigenvalue weighted by atomic mass is 16.6. The number of aryl methyl sites for hydroxylation is 1. The molecule has 0 aliphatic rings. The van der Waals surface area contributed by atoms with E-state index in [1.165, 1.54) is 6.07 Å². The van der Waals surface area contributed by atoms with Gasteiger partial charge in [-0.2, -0.15) is 0 Å². The molecule has 1 amide bonds. The second-order valence-corrected chi connectivity index (χ2v) is 5.80. The monoisotopic (exact) mass is 347 g/mol. The molecule has 0 saturated heterocycles. The Balaban J connectivity index is 2.00. The highest BCUT2D eigenvalue weighted by molar-refractivity contribution is 5.99. The van der Waals surface area contributed by atoms with E-state index in [-0.39, 0.29) is 11.3 Å². The van der Waals surface area contributed by atoms with E-state index in [1.54, 1.807) is 31.3 Å². The zero-order valence-corrected chi connectivity index (χ0v) is 14.1. The summed E-state index contributed by atoms with van der Waals surface area (Å²) in [5.74, 6) is -0.514. The average Bonchev–Trinajstić information content (AvgIpc) is 2.66. The molecular weight excluding hydrogens is 330 g/mol. The lowest BCUT2D eigenvalue weighted by Gasteiger charge is -2.19. The lowest BCUT2D eigenvalue weighted by molar-refractivity contribution is -0.385. The van der Waals surface area contributed by atoms with Crippen molar-refractivity contribution in [1.29, 1.82) is 0 Å². The SMILES string of the molecule is Cc1cccc(C(=O)N[C@@H](c2ccccc2)c2ccccn2)c1[N+](=O)[O-]. The molecule has 0 fully saturated rings. The predicted molar refractivity (Wildman–Crippen MR) is 97.8 cm³/mol. The number of carbonyl (C=O) groups is 1. The number of para-hydroxylation sites is 1. The number of nitro benzene ring substituents is 1. The van der Waals surface area contributed by atoms with E-state index in [9.17, 15) is 14.9 Å². The van der Waals surface area contributed by atoms with Crippen LogP contribution in [0.5, 0.6) is 0 Å². The van der Waals surface area contributed by atoms with Crippen LogP contribution >= 0.6 is 0 Å². The summed E-state index contributed by atoms with van der Waals surface area (Å²) in [6.07, 6.45) is 1.65. The third-order valence-electron chi connectivity index (χ3n) is 4.06. The molecule has 0 aliphatic carbocycles. The lowest BCUT2D eigenvalue weighted by atomic mass is 10.0. The van der Waals surface area contributed by atoms with Crippen molar-refractivity contribution < 1.29 is 9.72 Å². The third kappa shape index (κ3) is 3.59. The Labute approximate surface area is 150 Å². The Kier molecular flexibility index (Phi) is 5.03. The van der Waals surface area contributed by atoms with Crippen LogP contribution in [-0.4, -0.2) is 15.8 Å². The van der Waals surface area contributed by atoms with Gasteiger partial charge in [0.2, 0.25) is 0 Å². The van der Waals surface area contributed by atoms with Crippen LogP contribution in [0.3, 0.4) is 0 Å². The van der Waals surface area contributed by atoms with E-state index >= 15 is 0 Å². The van der Waals surface area contributed by atoms with Gasteiger partial charge in [0.1, 0.15) is 5.56 Å². The quantitative estimate of drug-likeness (QED) is 0.562. The van der Waals surface area contributed by atoms with Crippen molar-refractivity contribution in [3.05, 3.63) is 105 Å². The largest absolute Gasteiger partial charge is 0.339 e. The fourth-order valence-corrected chi connectivity index (χ4v) is 2.81. The summed E-state index contributed by atoms with van der Waals surface area (Å²) in [6.45, 7) is 1.61. The molecular formula is C20H17N3O3. The van der Waals surface area contributed by atoms with Crippen molar-refractivity contribution in [2.75, 3.05) is 0 Å². The number of carbonyl (C=O) groups excluding carboxylic acids is 1. The van der Waals surface area contributed by atoms with E-state index in [0.717, 1.165) is 5.56 Å². The summed E-state index contributed by atoms with van der Waals surface area (Å²) >= 11 is 0. The predicted octanol–water partition coefficient (Wildman–Crippen LogP) is 3.82. The van der Waals surface area contributed by atoms with Crippen molar-refractivity contribution in [3.8, 4) is 0 Å². The van der Waals surface area contributed by atoms with Crippen molar-refractivity contribution in [2.45, 2.75) is 13.0 Å². The number of rotatable bonds is 5. The van der Waals surface area contributed by atoms with Gasteiger partial charge in [-0.1, -0.05) is 48.5 Å². The van der Waals surface area contributed by atoms with Gasteiger partial charge in [0.05, 0.1) is 16.7 Å². The minimum absolute atomic E-state index is 0.0341. The van der Waals surface area contributed by atoms with Gasteiger partial charge >= 0.3 is 0 Å². The number of pyridine rings is 1. The third-order valence-corrected chi connectivity index (χ3v) is 4.06. The summed E-state index contributed by atoms with van der Waals surface area (Å²) in [5.41, 5.74) is 1.79. The maximum absolute atomic E-state index is 12.8. The smallest absolute Gasteiger partial charge is 0.285 e. The number of aromatic nitrogens is 1. The van der Waals surface area contributed by atoms with Gasteiger partial charge in [0.25, 0.3) is 11.6 Å². The van der Waals surface area contributed by atoms with Gasteiger partial charge in [0.15, 0.2) is 0 Å². The molecule has 0 bridgehead atoms.